The van der Waals surface area contributed by atoms with Crippen molar-refractivity contribution in [2.24, 2.45) is 17.8 Å². The molecule has 1 fully saturated rings. The summed E-state index contributed by atoms with van der Waals surface area (Å²) in [5, 5.41) is 3.75. The maximum absolute atomic E-state index is 3.75. The monoisotopic (exact) mass is 225 g/mol. The Balaban J connectivity index is 2.48. The topological polar surface area (TPSA) is 12.0 Å². The second kappa shape index (κ2) is 7.32. The van der Waals surface area contributed by atoms with Gasteiger partial charge in [0.05, 0.1) is 0 Å². The molecule has 2 atom stereocenters. The Morgan fingerprint density at radius 3 is 2.25 bits per heavy atom. The number of hydrogen-bond donors (Lipinski definition) is 1. The summed E-state index contributed by atoms with van der Waals surface area (Å²) in [6.45, 7) is 10.5. The van der Waals surface area contributed by atoms with Crippen LogP contribution in [0.25, 0.3) is 0 Å². The van der Waals surface area contributed by atoms with E-state index in [1.165, 1.54) is 38.5 Å². The van der Waals surface area contributed by atoms with Crippen LogP contribution in [0.3, 0.4) is 0 Å². The molecule has 0 radical (unpaired) electrons. The van der Waals surface area contributed by atoms with Gasteiger partial charge in [0.15, 0.2) is 0 Å². The molecule has 0 aliphatic heterocycles. The van der Waals surface area contributed by atoms with E-state index >= 15 is 0 Å². The van der Waals surface area contributed by atoms with Gasteiger partial charge in [0.25, 0.3) is 0 Å². The third-order valence-electron chi connectivity index (χ3n) is 4.37. The van der Waals surface area contributed by atoms with Gasteiger partial charge in [0.1, 0.15) is 0 Å². The van der Waals surface area contributed by atoms with Gasteiger partial charge in [-0.1, -0.05) is 47.0 Å². The van der Waals surface area contributed by atoms with Gasteiger partial charge >= 0.3 is 0 Å². The standard InChI is InChI=1S/C15H31N/c1-5-7-13(4)15(16-6-2)14-10-8-12(3)9-11-14/h12-16H,5-11H2,1-4H3. The van der Waals surface area contributed by atoms with E-state index in [0.717, 1.165) is 30.3 Å². The molecule has 1 N–H and O–H groups in total. The molecular weight excluding hydrogens is 194 g/mol. The first-order valence-corrected chi connectivity index (χ1v) is 7.42. The summed E-state index contributed by atoms with van der Waals surface area (Å²) in [5.41, 5.74) is 0. The highest BCUT2D eigenvalue weighted by Crippen LogP contribution is 2.33. The molecule has 0 aromatic rings. The average molecular weight is 225 g/mol. The Hall–Kier alpha value is -0.0400. The van der Waals surface area contributed by atoms with Crippen molar-refractivity contribution in [3.8, 4) is 0 Å². The molecule has 0 amide bonds. The Labute approximate surface area is 102 Å². The van der Waals surface area contributed by atoms with Crippen LogP contribution in [0, 0.1) is 17.8 Å². The van der Waals surface area contributed by atoms with E-state index in [4.69, 9.17) is 0 Å². The van der Waals surface area contributed by atoms with Gasteiger partial charge in [0.2, 0.25) is 0 Å². The van der Waals surface area contributed by atoms with Crippen molar-refractivity contribution in [2.75, 3.05) is 6.54 Å². The van der Waals surface area contributed by atoms with Crippen LogP contribution >= 0.6 is 0 Å². The van der Waals surface area contributed by atoms with Crippen LogP contribution in [0.4, 0.5) is 0 Å². The molecular formula is C15H31N. The predicted octanol–water partition coefficient (Wildman–Crippen LogP) is 4.23. The summed E-state index contributed by atoms with van der Waals surface area (Å²) >= 11 is 0. The van der Waals surface area contributed by atoms with Gasteiger partial charge in [-0.3, -0.25) is 0 Å². The highest BCUT2D eigenvalue weighted by molar-refractivity contribution is 4.84. The zero-order valence-corrected chi connectivity index (χ0v) is 11.8. The fourth-order valence-electron chi connectivity index (χ4n) is 3.35. The van der Waals surface area contributed by atoms with E-state index < -0.39 is 0 Å². The van der Waals surface area contributed by atoms with Gasteiger partial charge in [-0.2, -0.15) is 0 Å². The molecule has 1 aliphatic rings. The SMILES string of the molecule is CCCC(C)C(NCC)C1CCC(C)CC1. The Kier molecular flexibility index (Phi) is 6.41. The molecule has 0 saturated heterocycles. The van der Waals surface area contributed by atoms with Crippen molar-refractivity contribution in [1.82, 2.24) is 5.32 Å². The summed E-state index contributed by atoms with van der Waals surface area (Å²) in [5.74, 6) is 2.76. The first kappa shape index (κ1) is 14.0. The van der Waals surface area contributed by atoms with Crippen LogP contribution < -0.4 is 5.32 Å². The van der Waals surface area contributed by atoms with E-state index in [2.05, 4.69) is 33.0 Å². The molecule has 0 spiro atoms. The molecule has 0 bridgehead atoms. The third-order valence-corrected chi connectivity index (χ3v) is 4.37. The summed E-state index contributed by atoms with van der Waals surface area (Å²) < 4.78 is 0. The van der Waals surface area contributed by atoms with E-state index in [1.54, 1.807) is 0 Å². The first-order valence-electron chi connectivity index (χ1n) is 7.42. The lowest BCUT2D eigenvalue weighted by atomic mass is 9.75. The minimum Gasteiger partial charge on any atom is -0.314 e. The van der Waals surface area contributed by atoms with Crippen molar-refractivity contribution in [2.45, 2.75) is 72.3 Å². The van der Waals surface area contributed by atoms with Crippen molar-refractivity contribution in [3.05, 3.63) is 0 Å². The van der Waals surface area contributed by atoms with Crippen molar-refractivity contribution in [3.63, 3.8) is 0 Å². The quantitative estimate of drug-likeness (QED) is 0.713. The van der Waals surface area contributed by atoms with E-state index in [0.29, 0.717) is 0 Å². The van der Waals surface area contributed by atoms with Gasteiger partial charge in [-0.05, 0) is 43.6 Å². The molecule has 96 valence electrons. The van der Waals surface area contributed by atoms with Gasteiger partial charge in [-0.25, -0.2) is 0 Å². The summed E-state index contributed by atoms with van der Waals surface area (Å²) in [4.78, 5) is 0. The normalized spacial score (nSPS) is 30.0. The summed E-state index contributed by atoms with van der Waals surface area (Å²) in [6, 6.07) is 0.775. The molecule has 1 saturated carbocycles. The highest BCUT2D eigenvalue weighted by Gasteiger charge is 2.28. The van der Waals surface area contributed by atoms with Gasteiger partial charge < -0.3 is 5.32 Å². The summed E-state index contributed by atoms with van der Waals surface area (Å²) in [6.07, 6.45) is 8.51. The fourth-order valence-corrected chi connectivity index (χ4v) is 3.35. The van der Waals surface area contributed by atoms with Crippen LogP contribution in [0.15, 0.2) is 0 Å². The predicted molar refractivity (Wildman–Crippen MR) is 72.7 cm³/mol. The Morgan fingerprint density at radius 1 is 1.12 bits per heavy atom. The fraction of sp³-hybridized carbons (Fsp3) is 1.00. The van der Waals surface area contributed by atoms with Gasteiger partial charge in [0, 0.05) is 6.04 Å². The molecule has 0 aromatic heterocycles. The van der Waals surface area contributed by atoms with Crippen LogP contribution in [0.1, 0.15) is 66.2 Å². The number of hydrogen-bond acceptors (Lipinski definition) is 1. The van der Waals surface area contributed by atoms with E-state index in [-0.39, 0.29) is 0 Å². The van der Waals surface area contributed by atoms with E-state index in [9.17, 15) is 0 Å². The summed E-state index contributed by atoms with van der Waals surface area (Å²) in [7, 11) is 0. The maximum Gasteiger partial charge on any atom is 0.0121 e. The lowest BCUT2D eigenvalue weighted by molar-refractivity contribution is 0.186. The minimum atomic E-state index is 0.775. The molecule has 1 aliphatic carbocycles. The average Bonchev–Trinajstić information content (AvgIpc) is 2.28. The molecule has 0 heterocycles. The zero-order valence-electron chi connectivity index (χ0n) is 11.8. The second-order valence-electron chi connectivity index (χ2n) is 5.87. The molecule has 2 unspecified atom stereocenters. The van der Waals surface area contributed by atoms with Crippen LogP contribution in [0.2, 0.25) is 0 Å². The Bertz CT molecular complexity index is 170. The van der Waals surface area contributed by atoms with Crippen LogP contribution in [-0.2, 0) is 0 Å². The van der Waals surface area contributed by atoms with Crippen molar-refractivity contribution < 1.29 is 0 Å². The van der Waals surface area contributed by atoms with E-state index in [1.807, 2.05) is 0 Å². The van der Waals surface area contributed by atoms with Gasteiger partial charge in [-0.15, -0.1) is 0 Å². The molecule has 0 aromatic carbocycles. The number of nitrogens with one attached hydrogen (secondary N) is 1. The molecule has 16 heavy (non-hydrogen) atoms. The zero-order chi connectivity index (χ0) is 12.0. The van der Waals surface area contributed by atoms with Crippen LogP contribution in [0.5, 0.6) is 0 Å². The molecule has 1 heteroatoms. The second-order valence-corrected chi connectivity index (χ2v) is 5.87. The van der Waals surface area contributed by atoms with Crippen LogP contribution in [-0.4, -0.2) is 12.6 Å². The lowest BCUT2D eigenvalue weighted by Gasteiger charge is -2.36. The lowest BCUT2D eigenvalue weighted by Crippen LogP contribution is -2.42. The third kappa shape index (κ3) is 4.08. The van der Waals surface area contributed by atoms with Crippen molar-refractivity contribution >= 4 is 0 Å². The number of rotatable bonds is 6. The molecule has 1 rings (SSSR count). The minimum absolute atomic E-state index is 0.775. The molecule has 1 nitrogen and oxygen atoms in total. The highest BCUT2D eigenvalue weighted by atomic mass is 14.9. The smallest absolute Gasteiger partial charge is 0.0121 e. The maximum atomic E-state index is 3.75. The van der Waals surface area contributed by atoms with Crippen molar-refractivity contribution in [1.29, 1.82) is 0 Å². The Morgan fingerprint density at radius 2 is 1.75 bits per heavy atom. The largest absolute Gasteiger partial charge is 0.314 e. The first-order chi connectivity index (χ1) is 7.69.